The second-order valence-corrected chi connectivity index (χ2v) is 7.25. The lowest BCUT2D eigenvalue weighted by Crippen LogP contribution is -2.23. The van der Waals surface area contributed by atoms with E-state index in [2.05, 4.69) is 17.2 Å². The van der Waals surface area contributed by atoms with Gasteiger partial charge in [-0.1, -0.05) is 23.5 Å². The summed E-state index contributed by atoms with van der Waals surface area (Å²) in [6.07, 6.45) is 8.74. The lowest BCUT2D eigenvalue weighted by molar-refractivity contribution is -0.116. The van der Waals surface area contributed by atoms with Gasteiger partial charge < -0.3 is 9.87 Å². The van der Waals surface area contributed by atoms with Gasteiger partial charge in [-0.2, -0.15) is 0 Å². The Morgan fingerprint density at radius 3 is 2.64 bits per heavy atom. The van der Waals surface area contributed by atoms with Crippen LogP contribution in [0.25, 0.3) is 0 Å². The first-order valence-corrected chi connectivity index (χ1v) is 9.17. The number of allylic oxidation sites excluding steroid dienone is 7. The lowest BCUT2D eigenvalue weighted by atomic mass is 10.1. The van der Waals surface area contributed by atoms with Gasteiger partial charge in [0, 0.05) is 28.7 Å². The molecule has 6 heteroatoms. The van der Waals surface area contributed by atoms with Gasteiger partial charge in [0.05, 0.1) is 5.38 Å². The van der Waals surface area contributed by atoms with Crippen molar-refractivity contribution in [1.82, 2.24) is 5.32 Å². The van der Waals surface area contributed by atoms with Crippen molar-refractivity contribution < 1.29 is 13.6 Å². The van der Waals surface area contributed by atoms with Crippen LogP contribution >= 0.6 is 11.6 Å². The third kappa shape index (κ3) is 7.70. The molecular formula is C19H21ClNO3S-. The SMILES string of the molecule is CC(C)=C/C(=C(C)\C=C(/C)C(=O)NC1=CC#CCC(Cl)C=C1)S(=O)[O-]. The molecule has 0 fully saturated rings. The van der Waals surface area contributed by atoms with Crippen LogP contribution in [-0.4, -0.2) is 20.0 Å². The molecule has 134 valence electrons. The Kier molecular flexibility index (Phi) is 8.64. The van der Waals surface area contributed by atoms with E-state index in [1.807, 2.05) is 13.8 Å². The monoisotopic (exact) mass is 378 g/mol. The zero-order chi connectivity index (χ0) is 19.0. The van der Waals surface area contributed by atoms with Crippen molar-refractivity contribution in [2.45, 2.75) is 39.5 Å². The quantitative estimate of drug-likeness (QED) is 0.261. The van der Waals surface area contributed by atoms with Gasteiger partial charge >= 0.3 is 0 Å². The smallest absolute Gasteiger partial charge is 0.251 e. The molecule has 4 nitrogen and oxygen atoms in total. The number of hydrogen-bond acceptors (Lipinski definition) is 3. The summed E-state index contributed by atoms with van der Waals surface area (Å²) in [6, 6.07) is 0. The third-order valence-corrected chi connectivity index (χ3v) is 4.25. The van der Waals surface area contributed by atoms with Crippen LogP contribution in [0.1, 0.15) is 34.1 Å². The van der Waals surface area contributed by atoms with Gasteiger partial charge in [0.25, 0.3) is 5.91 Å². The van der Waals surface area contributed by atoms with Crippen molar-refractivity contribution in [3.8, 4) is 11.8 Å². The van der Waals surface area contributed by atoms with E-state index in [0.717, 1.165) is 5.57 Å². The molecule has 1 aliphatic carbocycles. The zero-order valence-electron chi connectivity index (χ0n) is 14.7. The van der Waals surface area contributed by atoms with Gasteiger partial charge in [-0.05, 0) is 62.6 Å². The predicted octanol–water partition coefficient (Wildman–Crippen LogP) is 3.62. The molecule has 0 aromatic heterocycles. The summed E-state index contributed by atoms with van der Waals surface area (Å²) >= 11 is 3.65. The molecule has 1 amide bonds. The fraction of sp³-hybridized carbons (Fsp3) is 0.316. The van der Waals surface area contributed by atoms with Gasteiger partial charge in [-0.3, -0.25) is 9.00 Å². The van der Waals surface area contributed by atoms with Crippen LogP contribution < -0.4 is 5.32 Å². The van der Waals surface area contributed by atoms with Gasteiger partial charge in [0.1, 0.15) is 0 Å². The standard InChI is InChI=1S/C19H22ClNO3S/c1-13(2)11-18(25(23)24)14(3)12-15(4)19(22)21-17-8-6-5-7-16(20)9-10-17/h8-12,16H,7H2,1-4H3,(H,21,22)(H,23,24)/p-1/b10-9?,15-12+,17-8?,18-14+. The molecule has 0 aromatic carbocycles. The number of alkyl halides is 1. The fourth-order valence-corrected chi connectivity index (χ4v) is 2.74. The molecule has 0 bridgehead atoms. The van der Waals surface area contributed by atoms with Crippen molar-refractivity contribution in [2.75, 3.05) is 0 Å². The second kappa shape index (κ2) is 10.2. The van der Waals surface area contributed by atoms with E-state index < -0.39 is 11.1 Å². The highest BCUT2D eigenvalue weighted by Crippen LogP contribution is 2.15. The summed E-state index contributed by atoms with van der Waals surface area (Å²) < 4.78 is 22.7. The van der Waals surface area contributed by atoms with Crippen molar-refractivity contribution in [3.05, 3.63) is 57.7 Å². The molecule has 0 spiro atoms. The maximum absolute atomic E-state index is 12.3. The molecular weight excluding hydrogens is 358 g/mol. The minimum Gasteiger partial charge on any atom is -0.768 e. The highest BCUT2D eigenvalue weighted by atomic mass is 35.5. The molecule has 0 aliphatic heterocycles. The number of halogens is 1. The molecule has 0 saturated heterocycles. The van der Waals surface area contributed by atoms with Crippen LogP contribution in [0.2, 0.25) is 0 Å². The lowest BCUT2D eigenvalue weighted by Gasteiger charge is -2.11. The molecule has 1 rings (SSSR count). The van der Waals surface area contributed by atoms with Crippen molar-refractivity contribution in [2.24, 2.45) is 0 Å². The molecule has 0 heterocycles. The van der Waals surface area contributed by atoms with Crippen LogP contribution in [0, 0.1) is 11.8 Å². The maximum Gasteiger partial charge on any atom is 0.251 e. The second-order valence-electron chi connectivity index (χ2n) is 5.79. The van der Waals surface area contributed by atoms with Gasteiger partial charge in [0.2, 0.25) is 0 Å². The molecule has 0 aromatic rings. The first kappa shape index (κ1) is 21.2. The van der Waals surface area contributed by atoms with Crippen LogP contribution in [-0.2, 0) is 15.9 Å². The van der Waals surface area contributed by atoms with E-state index in [1.54, 1.807) is 44.2 Å². The summed E-state index contributed by atoms with van der Waals surface area (Å²) in [5.41, 5.74) is 2.27. The van der Waals surface area contributed by atoms with Crippen LogP contribution in [0.4, 0.5) is 0 Å². The molecule has 0 radical (unpaired) electrons. The maximum atomic E-state index is 12.3. The highest BCUT2D eigenvalue weighted by molar-refractivity contribution is 7.83. The Labute approximate surface area is 156 Å². The normalized spacial score (nSPS) is 19.4. The topological polar surface area (TPSA) is 69.2 Å². The first-order valence-electron chi connectivity index (χ1n) is 7.66. The minimum atomic E-state index is -2.38. The summed E-state index contributed by atoms with van der Waals surface area (Å²) in [6.45, 7) is 6.89. The molecule has 1 N–H and O–H groups in total. The van der Waals surface area contributed by atoms with Crippen LogP contribution in [0.5, 0.6) is 0 Å². The Morgan fingerprint density at radius 1 is 1.36 bits per heavy atom. The zero-order valence-corrected chi connectivity index (χ0v) is 16.3. The number of amides is 1. The molecule has 1 aliphatic rings. The van der Waals surface area contributed by atoms with E-state index in [-0.39, 0.29) is 16.2 Å². The predicted molar refractivity (Wildman–Crippen MR) is 102 cm³/mol. The largest absolute Gasteiger partial charge is 0.768 e. The van der Waals surface area contributed by atoms with Crippen molar-refractivity contribution >= 4 is 28.6 Å². The summed E-state index contributed by atoms with van der Waals surface area (Å²) in [4.78, 5) is 12.5. The number of hydrogen-bond donors (Lipinski definition) is 1. The summed E-state index contributed by atoms with van der Waals surface area (Å²) in [5.74, 6) is 5.38. The molecule has 25 heavy (non-hydrogen) atoms. The van der Waals surface area contributed by atoms with Crippen molar-refractivity contribution in [1.29, 1.82) is 0 Å². The Balaban J connectivity index is 3.02. The van der Waals surface area contributed by atoms with Gasteiger partial charge in [-0.15, -0.1) is 11.6 Å². The molecule has 0 saturated carbocycles. The Morgan fingerprint density at radius 2 is 2.04 bits per heavy atom. The van der Waals surface area contributed by atoms with E-state index >= 15 is 0 Å². The van der Waals surface area contributed by atoms with Crippen LogP contribution in [0.15, 0.2) is 57.7 Å². The number of nitrogens with one attached hydrogen (secondary N) is 1. The van der Waals surface area contributed by atoms with Crippen molar-refractivity contribution in [3.63, 3.8) is 0 Å². The van der Waals surface area contributed by atoms with E-state index in [1.165, 1.54) is 0 Å². The molecule has 2 unspecified atom stereocenters. The van der Waals surface area contributed by atoms with E-state index in [0.29, 0.717) is 23.3 Å². The van der Waals surface area contributed by atoms with E-state index in [4.69, 9.17) is 11.6 Å². The van der Waals surface area contributed by atoms with Gasteiger partial charge in [-0.25, -0.2) is 0 Å². The first-order chi connectivity index (χ1) is 11.7. The average Bonchev–Trinajstić information content (AvgIpc) is 2.51. The summed E-state index contributed by atoms with van der Waals surface area (Å²) in [7, 11) is 0. The highest BCUT2D eigenvalue weighted by Gasteiger charge is 2.08. The fourth-order valence-electron chi connectivity index (χ4n) is 1.93. The average molecular weight is 379 g/mol. The summed E-state index contributed by atoms with van der Waals surface area (Å²) in [5, 5.41) is 2.53. The number of carbonyl (C=O) groups excluding carboxylic acids is 1. The Bertz CT molecular complexity index is 772. The Hall–Kier alpha value is -1.87. The number of rotatable bonds is 5. The van der Waals surface area contributed by atoms with E-state index in [9.17, 15) is 13.6 Å². The van der Waals surface area contributed by atoms with Crippen LogP contribution in [0.3, 0.4) is 0 Å². The molecule has 2 atom stereocenters. The third-order valence-electron chi connectivity index (χ3n) is 3.15. The number of carbonyl (C=O) groups is 1. The minimum absolute atomic E-state index is 0.160. The van der Waals surface area contributed by atoms with Gasteiger partial charge in [0.15, 0.2) is 0 Å².